The Balaban J connectivity index is 1.08. The summed E-state index contributed by atoms with van der Waals surface area (Å²) in [5.74, 6) is -1.72. The highest BCUT2D eigenvalue weighted by molar-refractivity contribution is 8.07. The summed E-state index contributed by atoms with van der Waals surface area (Å²) in [4.78, 5) is 52.4. The van der Waals surface area contributed by atoms with Crippen molar-refractivity contribution in [2.75, 3.05) is 30.5 Å². The molecule has 5 N–H and O–H groups in total. The van der Waals surface area contributed by atoms with E-state index in [1.54, 1.807) is 44.2 Å². The number of carbonyl (C=O) groups excluding carboxylic acids is 2. The molecule has 4 aromatic heterocycles. The number of nitrogens with zero attached hydrogens (tertiary/aromatic N) is 10. The molecule has 0 aliphatic carbocycles. The number of fused-ring (bicyclic) bond motifs is 2. The van der Waals surface area contributed by atoms with Gasteiger partial charge in [-0.15, -0.1) is 10.2 Å². The monoisotopic (exact) mass is 861 g/mol. The molecule has 2 aliphatic heterocycles. The van der Waals surface area contributed by atoms with Crippen molar-refractivity contribution in [3.63, 3.8) is 0 Å². The van der Waals surface area contributed by atoms with Gasteiger partial charge in [0, 0.05) is 11.5 Å². The van der Waals surface area contributed by atoms with Gasteiger partial charge in [-0.25, -0.2) is 18.7 Å². The predicted molar refractivity (Wildman–Crippen MR) is 199 cm³/mol. The number of hydrogen-bond acceptors (Lipinski definition) is 19. The van der Waals surface area contributed by atoms with Gasteiger partial charge in [-0.05, 0) is 23.9 Å². The lowest BCUT2D eigenvalue weighted by molar-refractivity contribution is -0.118. The number of aliphatic hydroxyl groups excluding tert-OH is 2. The third kappa shape index (κ3) is 8.55. The molecule has 1 aromatic carbocycles. The highest BCUT2D eigenvalue weighted by atomic mass is 32.5. The third-order valence-corrected chi connectivity index (χ3v) is 11.3. The van der Waals surface area contributed by atoms with E-state index in [2.05, 4.69) is 51.2 Å². The smallest absolute Gasteiger partial charge is 0.327 e. The van der Waals surface area contributed by atoms with Crippen LogP contribution in [0.1, 0.15) is 43.1 Å². The average Bonchev–Trinajstić information content (AvgIpc) is 3.99. The molecule has 1 unspecified atom stereocenters. The largest absolute Gasteiger partial charge is 0.394 e. The van der Waals surface area contributed by atoms with Gasteiger partial charge in [0.25, 0.3) is 11.5 Å². The lowest BCUT2D eigenvalue weighted by atomic mass is 10.1. The number of nitrogens with one attached hydrogen (secondary N) is 3. The van der Waals surface area contributed by atoms with Crippen LogP contribution < -0.4 is 16.2 Å². The van der Waals surface area contributed by atoms with E-state index in [-0.39, 0.29) is 47.1 Å². The molecule has 9 atom stereocenters. The molecule has 59 heavy (non-hydrogen) atoms. The first kappa shape index (κ1) is 41.8. The summed E-state index contributed by atoms with van der Waals surface area (Å²) in [6.45, 7) is -2.85. The maximum atomic E-state index is 16.4. The first-order chi connectivity index (χ1) is 28.3. The fourth-order valence-electron chi connectivity index (χ4n) is 5.95. The Kier molecular flexibility index (Phi) is 12.4. The molecular weight excluding hydrogens is 827 g/mol. The van der Waals surface area contributed by atoms with Gasteiger partial charge < -0.3 is 34.1 Å². The number of aliphatic hydroxyl groups is 2. The summed E-state index contributed by atoms with van der Waals surface area (Å²) in [5.41, 5.74) is -1.07. The number of hydrogen-bond donors (Lipinski definition) is 5. The number of carbonyl (C=O) groups is 2. The Hall–Kier alpha value is -5.36. The van der Waals surface area contributed by atoms with Gasteiger partial charge in [-0.3, -0.25) is 29.2 Å². The topological polar surface area (TPSA) is 302 Å². The Bertz CT molecular complexity index is 2490. The van der Waals surface area contributed by atoms with Crippen LogP contribution in [0.2, 0.25) is 0 Å². The van der Waals surface area contributed by atoms with Crippen molar-refractivity contribution < 1.29 is 51.6 Å². The molecule has 2 aliphatic rings. The fourth-order valence-corrected chi connectivity index (χ4v) is 8.05. The molecule has 2 fully saturated rings. The predicted octanol–water partition coefficient (Wildman–Crippen LogP) is 0.977. The third-order valence-electron chi connectivity index (χ3n) is 8.96. The molecule has 312 valence electrons. The van der Waals surface area contributed by atoms with Crippen LogP contribution in [-0.4, -0.2) is 129 Å². The highest BCUT2D eigenvalue weighted by Crippen LogP contribution is 2.54. The standard InChI is InChI=1S/C32H34F2N13O10PS/c1-14(2)27(50)40-32-39-26-21(29(52)41-32)43-45-47(26)31-22(49)18(33)17(56-31)12-54-58(59,53-10-6-9-35)57-23-16(11-48)55-30(19(23)34)46-25-20(42-44-46)24(36-13-37-25)38-28(51)15-7-4-3-5-8-15/h3-5,7-8,13-14,16-19,22-23,30-31,48-49H,6,10-12H2,1-2H3,(H,36,37,38,51)(H2,39,40,41,50,52)/t16-,17-,18-,19+,22+,23-,30-,31-,58?/m1/s1. The quantitative estimate of drug-likeness (QED) is 0.0724. The van der Waals surface area contributed by atoms with Gasteiger partial charge in [0.1, 0.15) is 30.7 Å². The minimum Gasteiger partial charge on any atom is -0.394 e. The fraction of sp³-hybridized carbons (Fsp3) is 0.469. The van der Waals surface area contributed by atoms with Crippen LogP contribution in [0.3, 0.4) is 0 Å². The van der Waals surface area contributed by atoms with Crippen molar-refractivity contribution in [2.45, 2.75) is 69.5 Å². The summed E-state index contributed by atoms with van der Waals surface area (Å²) in [5, 5.41) is 50.8. The zero-order valence-corrected chi connectivity index (χ0v) is 32.4. The number of alkyl halides is 2. The number of H-pyrrole nitrogens is 1. The van der Waals surface area contributed by atoms with Gasteiger partial charge >= 0.3 is 6.72 Å². The SMILES string of the molecule is CC(C)C(=O)Nc1nc2c(nnn2[C@@H]2O[C@H](COP(=S)(OCCC#N)O[C@H]3[C@H](F)[C@H](n4nnc5c(NC(=O)c6ccccc6)ncnc54)O[C@@H]3CO)[C@@H](F)[C@@H]2O)c(=O)[nH]1. The second-order valence-corrected chi connectivity index (χ2v) is 16.2. The number of rotatable bonds is 15. The summed E-state index contributed by atoms with van der Waals surface area (Å²) < 4.78 is 62.7. The number of nitriles is 1. The maximum absolute atomic E-state index is 16.4. The van der Waals surface area contributed by atoms with E-state index >= 15 is 8.78 Å². The molecule has 23 nitrogen and oxygen atoms in total. The Labute approximate surface area is 335 Å². The Morgan fingerprint density at radius 1 is 1.03 bits per heavy atom. The highest BCUT2D eigenvalue weighted by Gasteiger charge is 2.52. The van der Waals surface area contributed by atoms with E-state index in [9.17, 15) is 24.6 Å². The van der Waals surface area contributed by atoms with Gasteiger partial charge in [0.05, 0.1) is 32.3 Å². The molecule has 27 heteroatoms. The number of anilines is 2. The molecule has 0 saturated carbocycles. The maximum Gasteiger partial charge on any atom is 0.327 e. The average molecular weight is 862 g/mol. The lowest BCUT2D eigenvalue weighted by Crippen LogP contribution is -2.34. The summed E-state index contributed by atoms with van der Waals surface area (Å²) in [6.07, 6.45) is -13.3. The van der Waals surface area contributed by atoms with Crippen LogP contribution in [0, 0.1) is 17.2 Å². The molecule has 2 amide bonds. The summed E-state index contributed by atoms with van der Waals surface area (Å²) in [7, 11) is 0. The summed E-state index contributed by atoms with van der Waals surface area (Å²) >= 11 is 5.56. The number of aromatic amines is 1. The van der Waals surface area contributed by atoms with Crippen molar-refractivity contribution in [3.05, 3.63) is 52.6 Å². The van der Waals surface area contributed by atoms with Crippen LogP contribution in [0.4, 0.5) is 20.5 Å². The first-order valence-electron chi connectivity index (χ1n) is 17.7. The van der Waals surface area contributed by atoms with E-state index in [0.29, 0.717) is 5.56 Å². The van der Waals surface area contributed by atoms with Crippen molar-refractivity contribution in [3.8, 4) is 6.07 Å². The molecular formula is C32H34F2N13O10PS. The minimum atomic E-state index is -4.17. The van der Waals surface area contributed by atoms with E-state index in [0.717, 1.165) is 15.7 Å². The molecule has 5 aromatic rings. The van der Waals surface area contributed by atoms with Crippen LogP contribution >= 0.6 is 6.72 Å². The molecule has 6 heterocycles. The van der Waals surface area contributed by atoms with Gasteiger partial charge in [-0.1, -0.05) is 42.5 Å². The summed E-state index contributed by atoms with van der Waals surface area (Å²) in [6, 6.07) is 10.1. The van der Waals surface area contributed by atoms with Crippen molar-refractivity contribution >= 4 is 64.4 Å². The zero-order valence-electron chi connectivity index (χ0n) is 30.7. The molecule has 7 rings (SSSR count). The number of ether oxygens (including phenoxy) is 2. The molecule has 0 radical (unpaired) electrons. The normalized spacial score (nSPS) is 25.3. The molecule has 2 saturated heterocycles. The van der Waals surface area contributed by atoms with Gasteiger partial charge in [0.2, 0.25) is 11.9 Å². The zero-order chi connectivity index (χ0) is 42.0. The van der Waals surface area contributed by atoms with Crippen molar-refractivity contribution in [2.24, 2.45) is 5.92 Å². The minimum absolute atomic E-state index is 0.0107. The van der Waals surface area contributed by atoms with Gasteiger partial charge in [0.15, 0.2) is 52.9 Å². The number of halogens is 2. The molecule has 0 bridgehead atoms. The molecule has 0 spiro atoms. The first-order valence-corrected chi connectivity index (χ1v) is 20.3. The van der Waals surface area contributed by atoms with E-state index < -0.39 is 92.4 Å². The lowest BCUT2D eigenvalue weighted by Gasteiger charge is -2.28. The van der Waals surface area contributed by atoms with E-state index in [1.807, 2.05) is 6.07 Å². The second kappa shape index (κ2) is 17.5. The number of aromatic nitrogens is 10. The van der Waals surface area contributed by atoms with Crippen LogP contribution in [0.25, 0.3) is 22.3 Å². The number of benzene rings is 1. The van der Waals surface area contributed by atoms with Crippen LogP contribution in [0.15, 0.2) is 41.5 Å². The Morgan fingerprint density at radius 3 is 2.46 bits per heavy atom. The van der Waals surface area contributed by atoms with Crippen molar-refractivity contribution in [1.82, 2.24) is 49.9 Å². The second-order valence-electron chi connectivity index (χ2n) is 13.3. The van der Waals surface area contributed by atoms with Gasteiger partial charge in [-0.2, -0.15) is 19.6 Å². The van der Waals surface area contributed by atoms with Crippen LogP contribution in [-0.2, 0) is 39.6 Å². The van der Waals surface area contributed by atoms with E-state index in [4.69, 9.17) is 40.1 Å². The van der Waals surface area contributed by atoms with Crippen LogP contribution in [0.5, 0.6) is 0 Å². The Morgan fingerprint density at radius 2 is 1.75 bits per heavy atom. The van der Waals surface area contributed by atoms with E-state index in [1.165, 1.54) is 0 Å². The number of amides is 2. The van der Waals surface area contributed by atoms with Crippen molar-refractivity contribution in [1.29, 1.82) is 5.26 Å².